The maximum Gasteiger partial charge on any atom is -0.00807 e. The Bertz CT molecular complexity index is 387. The van der Waals surface area contributed by atoms with Crippen molar-refractivity contribution < 1.29 is 0 Å². The van der Waals surface area contributed by atoms with Gasteiger partial charge in [0, 0.05) is 0 Å². The Morgan fingerprint density at radius 3 is 2.40 bits per heavy atom. The molecule has 0 bridgehead atoms. The second kappa shape index (κ2) is 3.54. The van der Waals surface area contributed by atoms with Crippen LogP contribution >= 0.6 is 0 Å². The maximum atomic E-state index is 3.33. The molecule has 2 aromatic carbocycles. The lowest BCUT2D eigenvalue weighted by molar-refractivity contribution is 1.02. The highest BCUT2D eigenvalue weighted by Crippen LogP contribution is 2.54. The zero-order valence-electron chi connectivity index (χ0n) is 8.56. The minimum absolute atomic E-state index is 0.702. The Balaban J connectivity index is 1.81. The molecular formula is C15H13. The Morgan fingerprint density at radius 2 is 1.67 bits per heavy atom. The maximum absolute atomic E-state index is 3.33. The summed E-state index contributed by atoms with van der Waals surface area (Å²) in [6, 6.07) is 22.4. The fourth-order valence-electron chi connectivity index (χ4n) is 2.25. The van der Waals surface area contributed by atoms with Crippen LogP contribution in [0, 0.1) is 6.07 Å². The molecule has 2 aromatic rings. The minimum atomic E-state index is 0.702. The zero-order valence-corrected chi connectivity index (χ0v) is 8.56. The van der Waals surface area contributed by atoms with E-state index in [0.717, 1.165) is 5.92 Å². The van der Waals surface area contributed by atoms with Gasteiger partial charge in [-0.25, -0.2) is 0 Å². The van der Waals surface area contributed by atoms with Gasteiger partial charge in [-0.2, -0.15) is 0 Å². The summed E-state index contributed by atoms with van der Waals surface area (Å²) in [5, 5.41) is 0. The average Bonchev–Trinajstić information content (AvgIpc) is 3.11. The highest BCUT2D eigenvalue weighted by molar-refractivity contribution is 5.35. The van der Waals surface area contributed by atoms with Gasteiger partial charge in [-0.15, -0.1) is 0 Å². The van der Waals surface area contributed by atoms with Gasteiger partial charge in [0.15, 0.2) is 0 Å². The molecule has 0 aromatic heterocycles. The molecule has 1 aliphatic rings. The molecule has 0 spiro atoms. The Labute approximate surface area is 90.6 Å². The number of rotatable bonds is 2. The molecule has 73 valence electrons. The van der Waals surface area contributed by atoms with Crippen LogP contribution < -0.4 is 0 Å². The van der Waals surface area contributed by atoms with Crippen molar-refractivity contribution in [2.24, 2.45) is 0 Å². The lowest BCUT2D eigenvalue weighted by Crippen LogP contribution is -1.83. The third kappa shape index (κ3) is 1.68. The summed E-state index contributed by atoms with van der Waals surface area (Å²) in [5.74, 6) is 1.43. The van der Waals surface area contributed by atoms with Gasteiger partial charge in [0.1, 0.15) is 0 Å². The molecule has 0 N–H and O–H groups in total. The van der Waals surface area contributed by atoms with Gasteiger partial charge in [-0.05, 0) is 35.4 Å². The molecule has 1 fully saturated rings. The van der Waals surface area contributed by atoms with Crippen LogP contribution in [0.15, 0.2) is 54.6 Å². The van der Waals surface area contributed by atoms with Crippen LogP contribution in [0.2, 0.25) is 0 Å². The topological polar surface area (TPSA) is 0 Å². The van der Waals surface area contributed by atoms with E-state index in [-0.39, 0.29) is 0 Å². The number of hydrogen-bond acceptors (Lipinski definition) is 0. The summed E-state index contributed by atoms with van der Waals surface area (Å²) in [4.78, 5) is 0. The second-order valence-electron chi connectivity index (χ2n) is 4.18. The van der Waals surface area contributed by atoms with E-state index in [9.17, 15) is 0 Å². The molecule has 3 rings (SSSR count). The summed E-state index contributed by atoms with van der Waals surface area (Å²) in [6.45, 7) is 0. The molecule has 15 heavy (non-hydrogen) atoms. The monoisotopic (exact) mass is 193 g/mol. The molecule has 1 saturated carbocycles. The van der Waals surface area contributed by atoms with Crippen molar-refractivity contribution in [3.05, 3.63) is 71.8 Å². The highest BCUT2D eigenvalue weighted by Gasteiger charge is 2.39. The fourth-order valence-corrected chi connectivity index (χ4v) is 2.25. The SMILES string of the molecule is [c]1ccccc1[C@@H]1C[C@H]1c1ccccc1. The van der Waals surface area contributed by atoms with Crippen molar-refractivity contribution >= 4 is 0 Å². The standard InChI is InChI=1S/C15H13/c1-3-7-12(8-4-1)14-11-15(14)13-9-5-2-6-10-13/h1-9,14-15H,11H2/t14-,15-/m0/s1. The Hall–Kier alpha value is -1.56. The quantitative estimate of drug-likeness (QED) is 0.681. The summed E-state index contributed by atoms with van der Waals surface area (Å²) in [5.41, 5.74) is 2.84. The predicted molar refractivity (Wildman–Crippen MR) is 61.8 cm³/mol. The van der Waals surface area contributed by atoms with Crippen LogP contribution in [0.5, 0.6) is 0 Å². The summed E-state index contributed by atoms with van der Waals surface area (Å²) in [7, 11) is 0. The van der Waals surface area contributed by atoms with E-state index >= 15 is 0 Å². The zero-order chi connectivity index (χ0) is 10.1. The lowest BCUT2D eigenvalue weighted by atomic mass is 10.0. The van der Waals surface area contributed by atoms with Crippen molar-refractivity contribution in [3.63, 3.8) is 0 Å². The molecule has 0 saturated heterocycles. The molecule has 0 unspecified atom stereocenters. The molecule has 1 aliphatic carbocycles. The minimum Gasteiger partial charge on any atom is -0.0622 e. The molecule has 0 heteroatoms. The van der Waals surface area contributed by atoms with Crippen LogP contribution in [0.4, 0.5) is 0 Å². The van der Waals surface area contributed by atoms with Gasteiger partial charge in [0.05, 0.1) is 0 Å². The fraction of sp³-hybridized carbons (Fsp3) is 0.200. The molecule has 0 heterocycles. The smallest absolute Gasteiger partial charge is 0.00807 e. The predicted octanol–water partition coefficient (Wildman–Crippen LogP) is 3.76. The van der Waals surface area contributed by atoms with Gasteiger partial charge < -0.3 is 0 Å². The highest BCUT2D eigenvalue weighted by atomic mass is 14.4. The van der Waals surface area contributed by atoms with Crippen LogP contribution in [-0.4, -0.2) is 0 Å². The molecule has 0 amide bonds. The molecular weight excluding hydrogens is 180 g/mol. The van der Waals surface area contributed by atoms with Crippen LogP contribution in [0.1, 0.15) is 29.4 Å². The van der Waals surface area contributed by atoms with Crippen molar-refractivity contribution in [3.8, 4) is 0 Å². The molecule has 0 nitrogen and oxygen atoms in total. The van der Waals surface area contributed by atoms with Crippen LogP contribution in [0.25, 0.3) is 0 Å². The summed E-state index contributed by atoms with van der Waals surface area (Å²) >= 11 is 0. The van der Waals surface area contributed by atoms with Gasteiger partial charge in [0.2, 0.25) is 0 Å². The summed E-state index contributed by atoms with van der Waals surface area (Å²) < 4.78 is 0. The van der Waals surface area contributed by atoms with Crippen LogP contribution in [-0.2, 0) is 0 Å². The number of benzene rings is 2. The first-order valence-corrected chi connectivity index (χ1v) is 5.47. The lowest BCUT2D eigenvalue weighted by Gasteiger charge is -1.99. The van der Waals surface area contributed by atoms with E-state index < -0.39 is 0 Å². The van der Waals surface area contributed by atoms with Gasteiger partial charge in [-0.1, -0.05) is 54.6 Å². The normalized spacial score (nSPS) is 23.7. The number of hydrogen-bond donors (Lipinski definition) is 0. The van der Waals surface area contributed by atoms with Crippen LogP contribution in [0.3, 0.4) is 0 Å². The molecule has 0 aliphatic heterocycles. The van der Waals surface area contributed by atoms with Gasteiger partial charge in [-0.3, -0.25) is 0 Å². The van der Waals surface area contributed by atoms with E-state index in [0.29, 0.717) is 5.92 Å². The van der Waals surface area contributed by atoms with Gasteiger partial charge in [0.25, 0.3) is 0 Å². The average molecular weight is 193 g/mol. The molecule has 2 atom stereocenters. The third-order valence-electron chi connectivity index (χ3n) is 3.15. The summed E-state index contributed by atoms with van der Waals surface area (Å²) in [6.07, 6.45) is 1.28. The van der Waals surface area contributed by atoms with E-state index in [1.54, 1.807) is 0 Å². The van der Waals surface area contributed by atoms with E-state index in [4.69, 9.17) is 0 Å². The van der Waals surface area contributed by atoms with Gasteiger partial charge >= 0.3 is 0 Å². The van der Waals surface area contributed by atoms with E-state index in [2.05, 4.69) is 48.5 Å². The Kier molecular flexibility index (Phi) is 2.06. The molecule has 1 radical (unpaired) electrons. The second-order valence-corrected chi connectivity index (χ2v) is 4.18. The van der Waals surface area contributed by atoms with Crippen molar-refractivity contribution in [1.29, 1.82) is 0 Å². The first kappa shape index (κ1) is 8.72. The van der Waals surface area contributed by atoms with Crippen molar-refractivity contribution in [2.75, 3.05) is 0 Å². The van der Waals surface area contributed by atoms with E-state index in [1.165, 1.54) is 17.5 Å². The first-order valence-electron chi connectivity index (χ1n) is 5.47. The van der Waals surface area contributed by atoms with E-state index in [1.807, 2.05) is 12.1 Å². The van der Waals surface area contributed by atoms with Crippen molar-refractivity contribution in [1.82, 2.24) is 0 Å². The van der Waals surface area contributed by atoms with Crippen molar-refractivity contribution in [2.45, 2.75) is 18.3 Å². The first-order chi connectivity index (χ1) is 7.45. The third-order valence-corrected chi connectivity index (χ3v) is 3.15. The largest absolute Gasteiger partial charge is 0.0622 e. The Morgan fingerprint density at radius 1 is 0.867 bits per heavy atom.